The molecule has 0 bridgehead atoms. The van der Waals surface area contributed by atoms with Gasteiger partial charge in [0.2, 0.25) is 5.79 Å². The highest BCUT2D eigenvalue weighted by Gasteiger charge is 2.33. The third-order valence-electron chi connectivity index (χ3n) is 8.65. The summed E-state index contributed by atoms with van der Waals surface area (Å²) in [6.45, 7) is 7.90. The summed E-state index contributed by atoms with van der Waals surface area (Å²) in [5.74, 6) is 0.192. The predicted octanol–water partition coefficient (Wildman–Crippen LogP) is 8.79. The number of fused-ring (bicyclic) bond motifs is 1. The summed E-state index contributed by atoms with van der Waals surface area (Å²) in [5, 5.41) is 0. The van der Waals surface area contributed by atoms with Gasteiger partial charge in [0.05, 0.1) is 44.4 Å². The van der Waals surface area contributed by atoms with Crippen LogP contribution < -0.4 is 4.74 Å². The summed E-state index contributed by atoms with van der Waals surface area (Å²) in [6, 6.07) is 34.7. The van der Waals surface area contributed by atoms with Gasteiger partial charge in [0, 0.05) is 43.7 Å². The van der Waals surface area contributed by atoms with Gasteiger partial charge >= 0.3 is 6.09 Å². The normalized spacial score (nSPS) is 16.5. The number of hydrogen-bond donors (Lipinski definition) is 0. The van der Waals surface area contributed by atoms with Crippen molar-refractivity contribution in [2.45, 2.75) is 64.6 Å². The van der Waals surface area contributed by atoms with Crippen LogP contribution >= 0.6 is 0 Å². The number of unbranched alkanes of at least 4 members (excludes halogenated alkanes) is 3. The van der Waals surface area contributed by atoms with E-state index in [1.54, 1.807) is 0 Å². The van der Waals surface area contributed by atoms with Crippen molar-refractivity contribution in [3.8, 4) is 5.75 Å². The van der Waals surface area contributed by atoms with E-state index in [9.17, 15) is 4.79 Å². The Morgan fingerprint density at radius 3 is 2.24 bits per heavy atom. The molecule has 0 unspecified atom stereocenters. The maximum atomic E-state index is 12.5. The first kappa shape index (κ1) is 34.4. The number of amides is 1. The van der Waals surface area contributed by atoms with Crippen LogP contribution in [-0.2, 0) is 32.2 Å². The summed E-state index contributed by atoms with van der Waals surface area (Å²) in [4.78, 5) is 19.3. The molecule has 8 heteroatoms. The van der Waals surface area contributed by atoms with Crippen molar-refractivity contribution in [1.29, 1.82) is 0 Å². The van der Waals surface area contributed by atoms with Crippen molar-refractivity contribution in [2.24, 2.45) is 4.99 Å². The minimum Gasteiger partial charge on any atom is -0.463 e. The number of carbonyl (C=O) groups excluding carboxylic acids is 1. The van der Waals surface area contributed by atoms with Crippen LogP contribution in [-0.4, -0.2) is 55.4 Å². The molecule has 1 atom stereocenters. The summed E-state index contributed by atoms with van der Waals surface area (Å²) >= 11 is 0. The lowest BCUT2D eigenvalue weighted by molar-refractivity contribution is -0.180. The molecule has 0 spiro atoms. The van der Waals surface area contributed by atoms with Gasteiger partial charge in [-0.3, -0.25) is 0 Å². The second-order valence-corrected chi connectivity index (χ2v) is 12.9. The van der Waals surface area contributed by atoms with Gasteiger partial charge in [-0.05, 0) is 48.2 Å². The molecule has 0 aromatic heterocycles. The molecule has 1 fully saturated rings. The largest absolute Gasteiger partial charge is 0.463 e. The molecule has 49 heavy (non-hydrogen) atoms. The Kier molecular flexibility index (Phi) is 11.7. The number of cyclic esters (lactones) is 1. The molecule has 0 radical (unpaired) electrons. The van der Waals surface area contributed by atoms with E-state index < -0.39 is 5.79 Å². The number of benzene rings is 4. The Labute approximate surface area is 289 Å². The van der Waals surface area contributed by atoms with Crippen LogP contribution in [0, 0.1) is 0 Å². The Morgan fingerprint density at radius 1 is 0.816 bits per heavy atom. The third-order valence-corrected chi connectivity index (χ3v) is 8.65. The highest BCUT2D eigenvalue weighted by Crippen LogP contribution is 2.35. The number of rotatable bonds is 16. The first-order chi connectivity index (χ1) is 23.9. The molecule has 6 rings (SSSR count). The fraction of sp³-hybridized carbons (Fsp3) is 0.366. The molecule has 8 nitrogen and oxygen atoms in total. The predicted molar refractivity (Wildman–Crippen MR) is 190 cm³/mol. The van der Waals surface area contributed by atoms with Gasteiger partial charge in [0.15, 0.2) is 0 Å². The monoisotopic (exact) mass is 662 g/mol. The maximum absolute atomic E-state index is 12.5. The Bertz CT molecular complexity index is 1630. The van der Waals surface area contributed by atoms with E-state index in [1.165, 1.54) is 0 Å². The summed E-state index contributed by atoms with van der Waals surface area (Å²) in [7, 11) is 0. The molecule has 1 saturated heterocycles. The third kappa shape index (κ3) is 9.79. The minimum atomic E-state index is -0.630. The Balaban J connectivity index is 0.826. The number of hydrogen-bond acceptors (Lipinski definition) is 7. The fourth-order valence-electron chi connectivity index (χ4n) is 5.98. The van der Waals surface area contributed by atoms with Crippen LogP contribution in [0.25, 0.3) is 0 Å². The topological polar surface area (TPSA) is 78.8 Å². The molecule has 4 aromatic carbocycles. The zero-order valence-electron chi connectivity index (χ0n) is 28.5. The first-order valence-electron chi connectivity index (χ1n) is 17.3. The van der Waals surface area contributed by atoms with E-state index in [0.717, 1.165) is 70.6 Å². The van der Waals surface area contributed by atoms with Crippen molar-refractivity contribution in [1.82, 2.24) is 4.90 Å². The van der Waals surface area contributed by atoms with E-state index >= 15 is 0 Å². The van der Waals surface area contributed by atoms with Crippen LogP contribution in [0.1, 0.15) is 73.5 Å². The van der Waals surface area contributed by atoms with Crippen molar-refractivity contribution in [3.63, 3.8) is 0 Å². The highest BCUT2D eigenvalue weighted by molar-refractivity contribution is 6.13. The first-order valence-corrected chi connectivity index (χ1v) is 17.3. The minimum absolute atomic E-state index is 0.246. The van der Waals surface area contributed by atoms with Gasteiger partial charge in [-0.15, -0.1) is 0 Å². The number of carbonyl (C=O) groups is 1. The zero-order valence-corrected chi connectivity index (χ0v) is 28.5. The van der Waals surface area contributed by atoms with Crippen molar-refractivity contribution in [3.05, 3.63) is 131 Å². The second-order valence-electron chi connectivity index (χ2n) is 12.9. The molecule has 2 heterocycles. The molecule has 0 saturated carbocycles. The van der Waals surface area contributed by atoms with Gasteiger partial charge < -0.3 is 28.6 Å². The number of nitrogens with zero attached hydrogens (tertiary/aromatic N) is 2. The van der Waals surface area contributed by atoms with E-state index in [2.05, 4.69) is 36.4 Å². The van der Waals surface area contributed by atoms with Crippen LogP contribution in [0.2, 0.25) is 0 Å². The molecule has 2 aliphatic rings. The van der Waals surface area contributed by atoms with Crippen LogP contribution in [0.4, 0.5) is 10.5 Å². The van der Waals surface area contributed by atoms with Crippen molar-refractivity contribution < 1.29 is 28.5 Å². The van der Waals surface area contributed by atoms with Gasteiger partial charge in [-0.25, -0.2) is 9.79 Å². The molecule has 0 N–H and O–H groups in total. The lowest BCUT2D eigenvalue weighted by Gasteiger charge is -2.32. The van der Waals surface area contributed by atoms with Crippen LogP contribution in [0.5, 0.6) is 5.75 Å². The zero-order chi connectivity index (χ0) is 33.9. The van der Waals surface area contributed by atoms with Gasteiger partial charge in [0.25, 0.3) is 0 Å². The van der Waals surface area contributed by atoms with Crippen molar-refractivity contribution >= 4 is 17.5 Å². The Hall–Kier alpha value is -4.50. The van der Waals surface area contributed by atoms with Crippen LogP contribution in [0.3, 0.4) is 0 Å². The van der Waals surface area contributed by atoms with Gasteiger partial charge in [-0.1, -0.05) is 91.7 Å². The SMILES string of the molecule is CC1(C)OCc2cc([C@@H]3CN(CCCCCCOCCOCc4ccc(N=C(c5ccccc5)c5ccccc5)cc4)C(=O)O3)ccc2O1. The van der Waals surface area contributed by atoms with Gasteiger partial charge in [-0.2, -0.15) is 0 Å². The lowest BCUT2D eigenvalue weighted by atomic mass is 10.0. The number of ether oxygens (including phenoxy) is 5. The summed E-state index contributed by atoms with van der Waals surface area (Å²) < 4.78 is 29.0. The second kappa shape index (κ2) is 16.7. The molecule has 256 valence electrons. The van der Waals surface area contributed by atoms with Gasteiger partial charge in [0.1, 0.15) is 11.9 Å². The molecule has 4 aromatic rings. The van der Waals surface area contributed by atoms with E-state index in [1.807, 2.05) is 85.5 Å². The fourth-order valence-corrected chi connectivity index (χ4v) is 5.98. The van der Waals surface area contributed by atoms with E-state index in [4.69, 9.17) is 28.7 Å². The molecule has 1 amide bonds. The average Bonchev–Trinajstić information content (AvgIpc) is 3.50. The quantitative estimate of drug-likeness (QED) is 0.0882. The maximum Gasteiger partial charge on any atom is 0.410 e. The average molecular weight is 663 g/mol. The van der Waals surface area contributed by atoms with Crippen LogP contribution in [0.15, 0.2) is 108 Å². The lowest BCUT2D eigenvalue weighted by Crippen LogP contribution is -2.35. The smallest absolute Gasteiger partial charge is 0.410 e. The number of aliphatic imine (C=N–C) groups is 1. The summed E-state index contributed by atoms with van der Waals surface area (Å²) in [6.07, 6.45) is 3.50. The van der Waals surface area contributed by atoms with E-state index in [0.29, 0.717) is 46.1 Å². The van der Waals surface area contributed by atoms with E-state index in [-0.39, 0.29) is 12.2 Å². The standard InChI is InChI=1S/C41H46N2O6/c1-41(2)47-30-35-27-34(19-22-37(35)49-41)38-28-43(40(44)48-38)23-11-3-4-12-24-45-25-26-46-29-31-17-20-36(21-18-31)42-39(32-13-7-5-8-14-32)33-15-9-6-10-16-33/h5-10,13-22,27,38H,3-4,11-12,23-26,28-30H2,1-2H3/t38-/m0/s1. The van der Waals surface area contributed by atoms with Crippen molar-refractivity contribution in [2.75, 3.05) is 32.9 Å². The highest BCUT2D eigenvalue weighted by atomic mass is 16.7. The molecular formula is C41H46N2O6. The molecular weight excluding hydrogens is 616 g/mol. The Morgan fingerprint density at radius 2 is 1.51 bits per heavy atom. The summed E-state index contributed by atoms with van der Waals surface area (Å²) in [5.41, 5.74) is 7.08. The molecule has 2 aliphatic heterocycles. The molecule has 0 aliphatic carbocycles.